The molecule has 0 bridgehead atoms. The molecule has 3 aromatic carbocycles. The minimum Gasteiger partial charge on any atom is -0.456 e. The number of ether oxygens (including phenoxy) is 4. The maximum atomic E-state index is 13.5. The Balaban J connectivity index is 1.20. The molecule has 0 aromatic heterocycles. The second-order valence-electron chi connectivity index (χ2n) is 11.3. The number of nitrogens with zero attached hydrogens (tertiary/aromatic N) is 3. The summed E-state index contributed by atoms with van der Waals surface area (Å²) in [4.78, 5) is 86.8. The number of hydrogen-bond donors (Lipinski definition) is 1. The zero-order valence-electron chi connectivity index (χ0n) is 27.7. The van der Waals surface area contributed by atoms with E-state index in [1.54, 1.807) is 30.3 Å². The molecule has 1 saturated heterocycles. The molecule has 17 nitrogen and oxygen atoms in total. The van der Waals surface area contributed by atoms with Crippen LogP contribution in [0.4, 0.5) is 21.0 Å². The third-order valence-electron chi connectivity index (χ3n) is 7.79. The smallest absolute Gasteiger partial charge is 0.456 e. The van der Waals surface area contributed by atoms with Gasteiger partial charge in [-0.3, -0.25) is 34.7 Å². The Morgan fingerprint density at radius 3 is 1.96 bits per heavy atom. The van der Waals surface area contributed by atoms with Gasteiger partial charge in [-0.05, 0) is 47.9 Å². The van der Waals surface area contributed by atoms with Crippen molar-refractivity contribution in [3.05, 3.63) is 126 Å². The highest BCUT2D eigenvalue weighted by Crippen LogP contribution is 2.48. The van der Waals surface area contributed by atoms with Crippen LogP contribution in [0.15, 0.2) is 89.5 Å². The SMILES string of the molecule is C[C@@H](OC(=O)OCc1ccc([N+](=O)[O-])cc1)[C@H]1C(=O)N2C(C(=O)OCc3ccccc3)=C(SCCNC(=O)OCc3ccc([N+](=O)[O-])cc3)C(=O)S[C@@H]12. The zero-order chi connectivity index (χ0) is 38.1. The summed E-state index contributed by atoms with van der Waals surface area (Å²) in [6.45, 7) is 0.920. The predicted molar refractivity (Wildman–Crippen MR) is 188 cm³/mol. The minimum atomic E-state index is -1.11. The lowest BCUT2D eigenvalue weighted by Gasteiger charge is -2.50. The van der Waals surface area contributed by atoms with Gasteiger partial charge >= 0.3 is 18.2 Å². The van der Waals surface area contributed by atoms with Crippen LogP contribution in [0.3, 0.4) is 0 Å². The van der Waals surface area contributed by atoms with Gasteiger partial charge in [0.1, 0.15) is 42.9 Å². The maximum Gasteiger partial charge on any atom is 0.508 e. The Labute approximate surface area is 309 Å². The van der Waals surface area contributed by atoms with E-state index in [1.807, 2.05) is 0 Å². The molecule has 0 aliphatic carbocycles. The summed E-state index contributed by atoms with van der Waals surface area (Å²) in [6.07, 6.45) is -2.96. The van der Waals surface area contributed by atoms with E-state index in [2.05, 4.69) is 5.32 Å². The second kappa shape index (κ2) is 17.5. The Hall–Kier alpha value is -5.95. The standard InChI is InChI=1S/C34H30N4O13S2/c1-20(51-34(43)50-19-23-9-13-25(14-10-23)38(46)47)26-29(39)36-27(31(40)48-17-21-5-3-2-4-6-21)28(32(41)53-30(26)36)52-16-15-35-33(42)49-18-22-7-11-24(12-8-22)37(44)45/h2-14,20,26,30H,15-19H2,1H3,(H,35,42)/t20-,26+,30+/m1/s1. The zero-order valence-corrected chi connectivity index (χ0v) is 29.4. The highest BCUT2D eigenvalue weighted by atomic mass is 32.2. The fourth-order valence-corrected chi connectivity index (χ4v) is 7.48. The lowest BCUT2D eigenvalue weighted by atomic mass is 9.91. The number of nitro groups is 2. The van der Waals surface area contributed by atoms with Crippen molar-refractivity contribution in [1.82, 2.24) is 10.2 Å². The third-order valence-corrected chi connectivity index (χ3v) is 10.2. The number of non-ortho nitro benzene ring substituents is 2. The van der Waals surface area contributed by atoms with Crippen molar-refractivity contribution in [2.24, 2.45) is 5.92 Å². The molecule has 2 aliphatic heterocycles. The van der Waals surface area contributed by atoms with Gasteiger partial charge in [0.15, 0.2) is 0 Å². The molecule has 2 aliphatic rings. The number of nitro benzene ring substituents is 2. The molecule has 1 N–H and O–H groups in total. The van der Waals surface area contributed by atoms with Crippen LogP contribution in [0.25, 0.3) is 0 Å². The molecule has 0 unspecified atom stereocenters. The molecule has 1 fully saturated rings. The molecule has 2 heterocycles. The first-order valence-corrected chi connectivity index (χ1v) is 17.6. The molecule has 19 heteroatoms. The Bertz CT molecular complexity index is 1920. The van der Waals surface area contributed by atoms with E-state index in [9.17, 15) is 44.2 Å². The van der Waals surface area contributed by atoms with Crippen LogP contribution in [-0.2, 0) is 53.2 Å². The van der Waals surface area contributed by atoms with Gasteiger partial charge in [0.2, 0.25) is 11.0 Å². The van der Waals surface area contributed by atoms with Crippen LogP contribution in [0, 0.1) is 26.1 Å². The maximum absolute atomic E-state index is 13.5. The van der Waals surface area contributed by atoms with Crippen molar-refractivity contribution in [3.63, 3.8) is 0 Å². The van der Waals surface area contributed by atoms with E-state index in [1.165, 1.54) is 55.5 Å². The summed E-state index contributed by atoms with van der Waals surface area (Å²) in [5.74, 6) is -2.43. The molecule has 0 radical (unpaired) electrons. The molecule has 0 saturated carbocycles. The molecule has 2 amide bonds. The highest BCUT2D eigenvalue weighted by Gasteiger charge is 2.58. The predicted octanol–water partition coefficient (Wildman–Crippen LogP) is 5.22. The quantitative estimate of drug-likeness (QED) is 0.0523. The van der Waals surface area contributed by atoms with Crippen molar-refractivity contribution in [2.75, 3.05) is 12.3 Å². The number of benzene rings is 3. The number of rotatable bonds is 15. The van der Waals surface area contributed by atoms with Crippen LogP contribution >= 0.6 is 23.5 Å². The number of thioether (sulfide) groups is 2. The second-order valence-corrected chi connectivity index (χ2v) is 13.5. The van der Waals surface area contributed by atoms with E-state index in [4.69, 9.17) is 18.9 Å². The van der Waals surface area contributed by atoms with Gasteiger partial charge in [0.05, 0.1) is 14.8 Å². The number of fused-ring (bicyclic) bond motifs is 1. The Morgan fingerprint density at radius 1 is 0.830 bits per heavy atom. The van der Waals surface area contributed by atoms with Gasteiger partial charge in [-0.15, -0.1) is 11.8 Å². The fourth-order valence-electron chi connectivity index (χ4n) is 5.10. The van der Waals surface area contributed by atoms with Gasteiger partial charge in [-0.1, -0.05) is 42.1 Å². The average Bonchev–Trinajstić information content (AvgIpc) is 3.14. The normalized spacial score (nSPS) is 16.8. The molecular weight excluding hydrogens is 737 g/mol. The van der Waals surface area contributed by atoms with Gasteiger partial charge in [-0.25, -0.2) is 14.4 Å². The molecular formula is C34H30N4O13S2. The first-order valence-electron chi connectivity index (χ1n) is 15.8. The number of carbonyl (C=O) groups excluding carboxylic acids is 5. The Morgan fingerprint density at radius 2 is 1.38 bits per heavy atom. The van der Waals surface area contributed by atoms with Gasteiger partial charge in [-0.2, -0.15) is 0 Å². The Kier molecular flexibility index (Phi) is 12.7. The van der Waals surface area contributed by atoms with E-state index in [-0.39, 0.29) is 54.1 Å². The van der Waals surface area contributed by atoms with Crippen molar-refractivity contribution in [1.29, 1.82) is 0 Å². The monoisotopic (exact) mass is 766 g/mol. The summed E-state index contributed by atoms with van der Waals surface area (Å²) < 4.78 is 21.1. The molecule has 5 rings (SSSR count). The van der Waals surface area contributed by atoms with Crippen molar-refractivity contribution >= 4 is 64.1 Å². The fraction of sp³-hybridized carbons (Fsp3) is 0.265. The van der Waals surface area contributed by atoms with Gasteiger partial charge < -0.3 is 24.3 Å². The molecule has 53 heavy (non-hydrogen) atoms. The summed E-state index contributed by atoms with van der Waals surface area (Å²) >= 11 is 1.70. The van der Waals surface area contributed by atoms with Gasteiger partial charge in [0, 0.05) is 36.6 Å². The number of hydrogen-bond acceptors (Lipinski definition) is 15. The van der Waals surface area contributed by atoms with E-state index < -0.39 is 56.5 Å². The lowest BCUT2D eigenvalue weighted by Crippen LogP contribution is -2.65. The minimum absolute atomic E-state index is 0.00438. The molecule has 0 spiro atoms. The summed E-state index contributed by atoms with van der Waals surface area (Å²) in [5.41, 5.74) is 1.15. The summed E-state index contributed by atoms with van der Waals surface area (Å²) in [7, 11) is 0. The van der Waals surface area contributed by atoms with Crippen molar-refractivity contribution < 1.29 is 52.8 Å². The summed E-state index contributed by atoms with van der Waals surface area (Å²) in [5, 5.41) is 22.8. The number of alkyl carbamates (subject to hydrolysis) is 1. The third kappa shape index (κ3) is 9.69. The lowest BCUT2D eigenvalue weighted by molar-refractivity contribution is -0.385. The molecule has 276 valence electrons. The van der Waals surface area contributed by atoms with Crippen LogP contribution in [-0.4, -0.2) is 67.8 Å². The first kappa shape index (κ1) is 38.3. The van der Waals surface area contributed by atoms with Crippen LogP contribution in [0.5, 0.6) is 0 Å². The van der Waals surface area contributed by atoms with Crippen LogP contribution in [0.1, 0.15) is 23.6 Å². The van der Waals surface area contributed by atoms with Crippen LogP contribution < -0.4 is 5.32 Å². The highest BCUT2D eigenvalue weighted by molar-refractivity contribution is 8.18. The van der Waals surface area contributed by atoms with Gasteiger partial charge in [0.25, 0.3) is 11.4 Å². The van der Waals surface area contributed by atoms with E-state index >= 15 is 0 Å². The number of esters is 1. The van der Waals surface area contributed by atoms with Crippen LogP contribution in [0.2, 0.25) is 0 Å². The van der Waals surface area contributed by atoms with E-state index in [0.717, 1.165) is 28.4 Å². The number of carbonyl (C=O) groups is 5. The topological polar surface area (TPSA) is 224 Å². The first-order chi connectivity index (χ1) is 25.4. The summed E-state index contributed by atoms with van der Waals surface area (Å²) in [6, 6.07) is 19.6. The number of β-lactam (4-membered cyclic amide) rings is 1. The molecule has 3 aromatic rings. The van der Waals surface area contributed by atoms with E-state index in [0.29, 0.717) is 16.7 Å². The molecule has 3 atom stereocenters. The largest absolute Gasteiger partial charge is 0.508 e. The van der Waals surface area contributed by atoms with Crippen molar-refractivity contribution in [2.45, 2.75) is 38.2 Å². The number of amides is 2. The average molecular weight is 767 g/mol. The van der Waals surface area contributed by atoms with Crippen molar-refractivity contribution in [3.8, 4) is 0 Å². The number of nitrogens with one attached hydrogen (secondary N) is 1.